The minimum absolute atomic E-state index is 0.00366. The number of esters is 1. The second kappa shape index (κ2) is 11.0. The summed E-state index contributed by atoms with van der Waals surface area (Å²) in [6.45, 7) is 3.48. The Balaban J connectivity index is 1.77. The summed E-state index contributed by atoms with van der Waals surface area (Å²) in [5.74, 6) is -2.15. The SMILES string of the molecule is COC(=O)C1=C(C)NC2=C(C(=O)[C@@]3(Oc4c(Cl)c(OC)cc(OC)c4C3=O)[C@H](C)C2)[C@@H]1c1cc(OC)c(OC)cc1OC. The lowest BCUT2D eigenvalue weighted by Gasteiger charge is -2.42. The summed E-state index contributed by atoms with van der Waals surface area (Å²) in [7, 11) is 8.49. The summed E-state index contributed by atoms with van der Waals surface area (Å²) in [4.78, 5) is 42.6. The highest BCUT2D eigenvalue weighted by Gasteiger charge is 2.64. The van der Waals surface area contributed by atoms with Crippen molar-refractivity contribution in [2.75, 3.05) is 42.7 Å². The van der Waals surface area contributed by atoms with E-state index in [9.17, 15) is 14.4 Å². The highest BCUT2D eigenvalue weighted by atomic mass is 35.5. The van der Waals surface area contributed by atoms with E-state index < -0.39 is 35.0 Å². The number of ketones is 2. The van der Waals surface area contributed by atoms with Crippen LogP contribution in [0, 0.1) is 5.92 Å². The van der Waals surface area contributed by atoms with Crippen LogP contribution in [-0.4, -0.2) is 65.8 Å². The zero-order valence-electron chi connectivity index (χ0n) is 25.1. The van der Waals surface area contributed by atoms with Crippen LogP contribution in [0.4, 0.5) is 0 Å². The van der Waals surface area contributed by atoms with E-state index in [4.69, 9.17) is 44.8 Å². The van der Waals surface area contributed by atoms with Gasteiger partial charge in [-0.15, -0.1) is 0 Å². The van der Waals surface area contributed by atoms with Crippen LogP contribution < -0.4 is 33.7 Å². The average molecular weight is 614 g/mol. The lowest BCUT2D eigenvalue weighted by molar-refractivity contribution is -0.136. The number of rotatable bonds is 7. The molecule has 0 saturated heterocycles. The van der Waals surface area contributed by atoms with Crippen LogP contribution in [-0.2, 0) is 14.3 Å². The second-order valence-electron chi connectivity index (χ2n) is 10.3. The standard InChI is InChI=1S/C31H32ClNO10/c1-13-9-16-24(28(34)31(13)29(35)25-20(40-6)12-21(41-7)26(32)27(25)43-31)23(22(14(2)33-16)30(36)42-8)15-10-18(38-4)19(39-5)11-17(15)37-3/h10-13,23,33H,9H2,1-8H3/t13-,23-,31+/m1/s1. The lowest BCUT2D eigenvalue weighted by atomic mass is 9.65. The number of halogens is 1. The van der Waals surface area contributed by atoms with E-state index in [2.05, 4.69) is 5.32 Å². The first kappa shape index (κ1) is 30.1. The molecule has 1 N–H and O–H groups in total. The van der Waals surface area contributed by atoms with Gasteiger partial charge in [-0.1, -0.05) is 18.5 Å². The molecule has 0 unspecified atom stereocenters. The van der Waals surface area contributed by atoms with Gasteiger partial charge >= 0.3 is 5.97 Å². The molecule has 0 saturated carbocycles. The van der Waals surface area contributed by atoms with Crippen molar-refractivity contribution < 1.29 is 47.5 Å². The summed E-state index contributed by atoms with van der Waals surface area (Å²) in [5, 5.41) is 3.27. The maximum Gasteiger partial charge on any atom is 0.336 e. The van der Waals surface area contributed by atoms with Crippen molar-refractivity contribution in [1.29, 1.82) is 0 Å². The summed E-state index contributed by atoms with van der Waals surface area (Å²) in [6.07, 6.45) is 0.232. The third kappa shape index (κ3) is 4.20. The molecule has 0 aromatic heterocycles. The number of hydrogen-bond acceptors (Lipinski definition) is 11. The average Bonchev–Trinajstić information content (AvgIpc) is 3.33. The van der Waals surface area contributed by atoms with Gasteiger partial charge in [-0.05, 0) is 19.4 Å². The van der Waals surface area contributed by atoms with Crippen LogP contribution in [0.2, 0.25) is 5.02 Å². The number of nitrogens with one attached hydrogen (secondary N) is 1. The van der Waals surface area contributed by atoms with E-state index in [0.29, 0.717) is 34.2 Å². The summed E-state index contributed by atoms with van der Waals surface area (Å²) in [5.41, 5.74) is -0.199. The van der Waals surface area contributed by atoms with E-state index in [-0.39, 0.29) is 45.4 Å². The summed E-state index contributed by atoms with van der Waals surface area (Å²) in [6, 6.07) is 4.73. The van der Waals surface area contributed by atoms with E-state index in [1.807, 2.05) is 0 Å². The molecule has 0 amide bonds. The molecule has 3 aliphatic rings. The van der Waals surface area contributed by atoms with Crippen molar-refractivity contribution in [3.63, 3.8) is 0 Å². The Bertz CT molecular complexity index is 1630. The van der Waals surface area contributed by atoms with Crippen molar-refractivity contribution in [3.05, 3.63) is 56.9 Å². The van der Waals surface area contributed by atoms with Crippen LogP contribution in [0.25, 0.3) is 0 Å². The Hall–Kier alpha value is -4.38. The molecule has 1 aliphatic carbocycles. The van der Waals surface area contributed by atoms with Gasteiger partial charge in [0.25, 0.3) is 0 Å². The van der Waals surface area contributed by atoms with Gasteiger partial charge in [0, 0.05) is 40.6 Å². The van der Waals surface area contributed by atoms with Crippen molar-refractivity contribution in [1.82, 2.24) is 5.32 Å². The Kier molecular flexibility index (Phi) is 7.72. The number of ether oxygens (including phenoxy) is 7. The zero-order valence-corrected chi connectivity index (χ0v) is 25.8. The third-order valence-electron chi connectivity index (χ3n) is 8.30. The number of dihydropyridines is 1. The maximum atomic E-state index is 14.9. The molecule has 228 valence electrons. The largest absolute Gasteiger partial charge is 0.496 e. The predicted molar refractivity (Wildman–Crippen MR) is 155 cm³/mol. The fourth-order valence-corrected chi connectivity index (χ4v) is 6.51. The smallest absolute Gasteiger partial charge is 0.336 e. The van der Waals surface area contributed by atoms with Gasteiger partial charge in [-0.3, -0.25) is 9.59 Å². The first-order chi connectivity index (χ1) is 20.5. The number of methoxy groups -OCH3 is 6. The predicted octanol–water partition coefficient (Wildman–Crippen LogP) is 4.39. The molecule has 0 fully saturated rings. The molecule has 0 bridgehead atoms. The molecule has 12 heteroatoms. The Morgan fingerprint density at radius 3 is 2.05 bits per heavy atom. The first-order valence-electron chi connectivity index (χ1n) is 13.4. The van der Waals surface area contributed by atoms with Crippen molar-refractivity contribution in [2.24, 2.45) is 5.92 Å². The third-order valence-corrected chi connectivity index (χ3v) is 8.66. The molecule has 3 atom stereocenters. The van der Waals surface area contributed by atoms with Gasteiger partial charge in [0.05, 0.1) is 54.1 Å². The van der Waals surface area contributed by atoms with Crippen LogP contribution >= 0.6 is 11.6 Å². The van der Waals surface area contributed by atoms with Crippen molar-refractivity contribution in [3.8, 4) is 34.5 Å². The molecule has 2 aromatic carbocycles. The van der Waals surface area contributed by atoms with E-state index in [1.54, 1.807) is 26.0 Å². The number of benzene rings is 2. The van der Waals surface area contributed by atoms with E-state index in [0.717, 1.165) is 0 Å². The molecule has 2 aliphatic heterocycles. The van der Waals surface area contributed by atoms with Gasteiger partial charge < -0.3 is 38.5 Å². The molecule has 2 aromatic rings. The maximum absolute atomic E-state index is 14.9. The highest BCUT2D eigenvalue weighted by molar-refractivity contribution is 6.36. The molecule has 2 heterocycles. The zero-order chi connectivity index (χ0) is 31.4. The first-order valence-corrected chi connectivity index (χ1v) is 13.7. The van der Waals surface area contributed by atoms with Gasteiger partial charge in [0.15, 0.2) is 17.2 Å². The Morgan fingerprint density at radius 1 is 0.884 bits per heavy atom. The number of allylic oxidation sites excluding steroid dienone is 2. The van der Waals surface area contributed by atoms with Gasteiger partial charge in [-0.2, -0.15) is 0 Å². The molecular formula is C31H32ClNO10. The minimum atomic E-state index is -2.00. The topological polar surface area (TPSA) is 128 Å². The monoisotopic (exact) mass is 613 g/mol. The molecule has 5 rings (SSSR count). The molecule has 0 radical (unpaired) electrons. The van der Waals surface area contributed by atoms with Crippen molar-refractivity contribution >= 4 is 29.1 Å². The summed E-state index contributed by atoms with van der Waals surface area (Å²) >= 11 is 6.61. The van der Waals surface area contributed by atoms with Crippen LogP contribution in [0.1, 0.15) is 42.1 Å². The Labute approximate surface area is 253 Å². The number of fused-ring (bicyclic) bond motifs is 1. The van der Waals surface area contributed by atoms with Crippen molar-refractivity contribution in [2.45, 2.75) is 31.8 Å². The normalized spacial score (nSPS) is 22.4. The fourth-order valence-electron chi connectivity index (χ4n) is 6.24. The molecular weight excluding hydrogens is 582 g/mol. The quantitative estimate of drug-likeness (QED) is 0.353. The fraction of sp³-hybridized carbons (Fsp3) is 0.387. The van der Waals surface area contributed by atoms with Gasteiger partial charge in [-0.25, -0.2) is 4.79 Å². The minimum Gasteiger partial charge on any atom is -0.496 e. The van der Waals surface area contributed by atoms with Gasteiger partial charge in [0.1, 0.15) is 27.8 Å². The number of carbonyl (C=O) groups is 3. The highest BCUT2D eigenvalue weighted by Crippen LogP contribution is 2.57. The van der Waals surface area contributed by atoms with Gasteiger partial charge in [0.2, 0.25) is 17.2 Å². The van der Waals surface area contributed by atoms with E-state index in [1.165, 1.54) is 48.7 Å². The van der Waals surface area contributed by atoms with Crippen LogP contribution in [0.5, 0.6) is 34.5 Å². The number of carbonyl (C=O) groups excluding carboxylic acids is 3. The molecule has 43 heavy (non-hydrogen) atoms. The second-order valence-corrected chi connectivity index (χ2v) is 10.7. The number of hydrogen-bond donors (Lipinski definition) is 1. The molecule has 11 nitrogen and oxygen atoms in total. The lowest BCUT2D eigenvalue weighted by Crippen LogP contribution is -2.58. The Morgan fingerprint density at radius 2 is 1.47 bits per heavy atom. The molecule has 1 spiro atoms. The summed E-state index contributed by atoms with van der Waals surface area (Å²) < 4.78 is 39.1. The van der Waals surface area contributed by atoms with Crippen LogP contribution in [0.3, 0.4) is 0 Å². The van der Waals surface area contributed by atoms with E-state index >= 15 is 0 Å². The van der Waals surface area contributed by atoms with Crippen LogP contribution in [0.15, 0.2) is 40.7 Å². The number of Topliss-reactive ketones (excluding diaryl/α,β-unsaturated/α-hetero) is 2.